The summed E-state index contributed by atoms with van der Waals surface area (Å²) < 4.78 is 26.7. The summed E-state index contributed by atoms with van der Waals surface area (Å²) in [6.45, 7) is 4.58. The summed E-state index contributed by atoms with van der Waals surface area (Å²) in [5, 5.41) is 15.7. The third-order valence-corrected chi connectivity index (χ3v) is 6.52. The molecular weight excluding hydrogens is 487 g/mol. The third-order valence-electron chi connectivity index (χ3n) is 6.52. The molecule has 0 aliphatic heterocycles. The molecule has 1 aromatic heterocycles. The fourth-order valence-electron chi connectivity index (χ4n) is 4.04. The number of carboxylic acid groups (broad SMARTS) is 1. The molecule has 2 unspecified atom stereocenters. The maximum Gasteiger partial charge on any atom is 0.305 e. The van der Waals surface area contributed by atoms with E-state index in [9.17, 15) is 14.0 Å². The van der Waals surface area contributed by atoms with Crippen LogP contribution >= 0.6 is 0 Å². The van der Waals surface area contributed by atoms with Gasteiger partial charge in [-0.05, 0) is 54.4 Å². The van der Waals surface area contributed by atoms with Crippen molar-refractivity contribution >= 4 is 28.5 Å². The second kappa shape index (κ2) is 12.3. The molecule has 3 aromatic carbocycles. The number of anilines is 1. The van der Waals surface area contributed by atoms with Gasteiger partial charge in [0.05, 0.1) is 18.0 Å². The van der Waals surface area contributed by atoms with Crippen LogP contribution in [-0.4, -0.2) is 36.2 Å². The van der Waals surface area contributed by atoms with Gasteiger partial charge in [-0.25, -0.2) is 4.39 Å². The second-order valence-electron chi connectivity index (χ2n) is 9.21. The van der Waals surface area contributed by atoms with Gasteiger partial charge in [0.1, 0.15) is 29.5 Å². The summed E-state index contributed by atoms with van der Waals surface area (Å²) in [5.41, 5.74) is 2.33. The number of ether oxygens (including phenoxy) is 1. The largest absolute Gasteiger partial charge is 0.491 e. The molecule has 198 valence electrons. The number of benzene rings is 3. The third kappa shape index (κ3) is 6.70. The molecule has 1 amide bonds. The normalized spacial score (nSPS) is 12.6. The minimum atomic E-state index is -0.965. The van der Waals surface area contributed by atoms with E-state index >= 15 is 0 Å². The number of nitrogens with one attached hydrogen (secondary N) is 2. The number of rotatable bonds is 12. The maximum absolute atomic E-state index is 15.0. The number of hydrogen-bond donors (Lipinski definition) is 3. The lowest BCUT2D eigenvalue weighted by atomic mass is 9.99. The average molecular weight is 519 g/mol. The van der Waals surface area contributed by atoms with Crippen molar-refractivity contribution in [3.63, 3.8) is 0 Å². The topological polar surface area (TPSA) is 101 Å². The lowest BCUT2D eigenvalue weighted by molar-refractivity contribution is -0.136. The van der Waals surface area contributed by atoms with E-state index in [2.05, 4.69) is 24.5 Å². The van der Waals surface area contributed by atoms with Crippen LogP contribution in [-0.2, 0) is 4.79 Å². The van der Waals surface area contributed by atoms with E-state index in [-0.39, 0.29) is 30.8 Å². The van der Waals surface area contributed by atoms with Crippen LogP contribution < -0.4 is 15.4 Å². The van der Waals surface area contributed by atoms with E-state index < -0.39 is 11.8 Å². The number of carbonyl (C=O) groups is 2. The van der Waals surface area contributed by atoms with E-state index in [1.807, 2.05) is 30.3 Å². The SMILES string of the molecule is CCC(C)C(COc1ccc(-c2cc3ccccc3o2)c(F)c1)Nc1ccc(C(=O)NCCC(=O)O)cc1. The standard InChI is InChI=1S/C30H31FN2O5/c1-3-19(2)26(33-22-10-8-20(9-11-22)30(36)32-15-14-29(34)35)18-37-23-12-13-24(25(31)17-23)28-16-21-6-4-5-7-27(21)38-28/h4-13,16-17,19,26,33H,3,14-15,18H2,1-2H3,(H,32,36)(H,34,35). The van der Waals surface area contributed by atoms with E-state index in [1.54, 1.807) is 36.4 Å². The molecule has 0 spiro atoms. The average Bonchev–Trinajstić information content (AvgIpc) is 3.34. The van der Waals surface area contributed by atoms with Gasteiger partial charge in [0, 0.05) is 29.2 Å². The fourth-order valence-corrected chi connectivity index (χ4v) is 4.04. The Bertz CT molecular complexity index is 1370. The summed E-state index contributed by atoms with van der Waals surface area (Å²) in [4.78, 5) is 22.8. The predicted molar refractivity (Wildman–Crippen MR) is 145 cm³/mol. The van der Waals surface area contributed by atoms with Gasteiger partial charge in [0.15, 0.2) is 0 Å². The van der Waals surface area contributed by atoms with Gasteiger partial charge in [0.25, 0.3) is 5.91 Å². The predicted octanol–water partition coefficient (Wildman–Crippen LogP) is 6.35. The van der Waals surface area contributed by atoms with Crippen LogP contribution in [0.2, 0.25) is 0 Å². The lowest BCUT2D eigenvalue weighted by Crippen LogP contribution is -2.33. The van der Waals surface area contributed by atoms with Crippen LogP contribution in [0.3, 0.4) is 0 Å². The quantitative estimate of drug-likeness (QED) is 0.202. The van der Waals surface area contributed by atoms with Crippen molar-refractivity contribution in [3.05, 3.63) is 84.2 Å². The van der Waals surface area contributed by atoms with Crippen LogP contribution in [0.5, 0.6) is 5.75 Å². The molecule has 0 aliphatic carbocycles. The van der Waals surface area contributed by atoms with Gasteiger partial charge in [-0.3, -0.25) is 9.59 Å². The molecule has 7 nitrogen and oxygen atoms in total. The van der Waals surface area contributed by atoms with E-state index in [0.717, 1.165) is 17.5 Å². The first-order valence-electron chi connectivity index (χ1n) is 12.6. The summed E-state index contributed by atoms with van der Waals surface area (Å²) in [6, 6.07) is 21.0. The molecule has 2 atom stereocenters. The molecule has 38 heavy (non-hydrogen) atoms. The minimum absolute atomic E-state index is 0.0617. The van der Waals surface area contributed by atoms with Crippen molar-refractivity contribution in [1.82, 2.24) is 5.32 Å². The van der Waals surface area contributed by atoms with Crippen molar-refractivity contribution in [1.29, 1.82) is 0 Å². The maximum atomic E-state index is 15.0. The Balaban J connectivity index is 1.38. The Morgan fingerprint density at radius 2 is 1.82 bits per heavy atom. The van der Waals surface area contributed by atoms with Gasteiger partial charge >= 0.3 is 5.97 Å². The molecule has 1 heterocycles. The first kappa shape index (κ1) is 26.7. The van der Waals surface area contributed by atoms with Crippen molar-refractivity contribution < 1.29 is 28.2 Å². The summed E-state index contributed by atoms with van der Waals surface area (Å²) in [6.07, 6.45) is 0.777. The Labute approximate surface area is 220 Å². The van der Waals surface area contributed by atoms with Crippen molar-refractivity contribution in [2.75, 3.05) is 18.5 Å². The van der Waals surface area contributed by atoms with Crippen LogP contribution in [0.25, 0.3) is 22.3 Å². The number of amides is 1. The van der Waals surface area contributed by atoms with Gasteiger partial charge < -0.3 is 24.9 Å². The number of furan rings is 1. The van der Waals surface area contributed by atoms with Crippen LogP contribution in [0.1, 0.15) is 37.0 Å². The Morgan fingerprint density at radius 3 is 2.50 bits per heavy atom. The molecule has 3 N–H and O–H groups in total. The Hall–Kier alpha value is -4.33. The molecule has 4 rings (SSSR count). The Morgan fingerprint density at radius 1 is 1.05 bits per heavy atom. The number of carbonyl (C=O) groups excluding carboxylic acids is 1. The summed E-state index contributed by atoms with van der Waals surface area (Å²) >= 11 is 0. The molecule has 8 heteroatoms. The minimum Gasteiger partial charge on any atom is -0.491 e. The molecule has 0 bridgehead atoms. The summed E-state index contributed by atoms with van der Waals surface area (Å²) in [7, 11) is 0. The smallest absolute Gasteiger partial charge is 0.305 e. The highest BCUT2D eigenvalue weighted by molar-refractivity contribution is 5.94. The monoisotopic (exact) mass is 518 g/mol. The number of fused-ring (bicyclic) bond motifs is 1. The van der Waals surface area contributed by atoms with E-state index in [4.69, 9.17) is 14.3 Å². The second-order valence-corrected chi connectivity index (χ2v) is 9.21. The summed E-state index contributed by atoms with van der Waals surface area (Å²) in [5.74, 6) is -0.569. The van der Waals surface area contributed by atoms with E-state index in [0.29, 0.717) is 34.8 Å². The van der Waals surface area contributed by atoms with Gasteiger partial charge in [-0.15, -0.1) is 0 Å². The fraction of sp³-hybridized carbons (Fsp3) is 0.267. The molecule has 0 radical (unpaired) electrons. The lowest BCUT2D eigenvalue weighted by Gasteiger charge is -2.25. The zero-order valence-corrected chi connectivity index (χ0v) is 21.4. The first-order chi connectivity index (χ1) is 18.3. The molecule has 0 aliphatic rings. The van der Waals surface area contributed by atoms with E-state index in [1.165, 1.54) is 6.07 Å². The van der Waals surface area contributed by atoms with Crippen LogP contribution in [0.15, 0.2) is 77.2 Å². The van der Waals surface area contributed by atoms with Crippen molar-refractivity contribution in [2.45, 2.75) is 32.7 Å². The van der Waals surface area contributed by atoms with Crippen LogP contribution in [0, 0.1) is 11.7 Å². The molecule has 4 aromatic rings. The molecule has 0 fully saturated rings. The zero-order chi connectivity index (χ0) is 27.1. The van der Waals surface area contributed by atoms with Crippen molar-refractivity contribution in [3.8, 4) is 17.1 Å². The molecule has 0 saturated heterocycles. The van der Waals surface area contributed by atoms with Gasteiger partial charge in [-0.2, -0.15) is 0 Å². The highest BCUT2D eigenvalue weighted by Crippen LogP contribution is 2.31. The number of hydrogen-bond acceptors (Lipinski definition) is 5. The number of halogens is 1. The number of aliphatic carboxylic acids is 1. The first-order valence-corrected chi connectivity index (χ1v) is 12.6. The number of para-hydroxylation sites is 1. The van der Waals surface area contributed by atoms with Gasteiger partial charge in [-0.1, -0.05) is 38.5 Å². The Kier molecular flexibility index (Phi) is 8.63. The highest BCUT2D eigenvalue weighted by atomic mass is 19.1. The zero-order valence-electron chi connectivity index (χ0n) is 21.4. The molecule has 0 saturated carbocycles. The molecular formula is C30H31FN2O5. The van der Waals surface area contributed by atoms with Crippen LogP contribution in [0.4, 0.5) is 10.1 Å². The van der Waals surface area contributed by atoms with Gasteiger partial charge in [0.2, 0.25) is 0 Å². The highest BCUT2D eigenvalue weighted by Gasteiger charge is 2.18. The van der Waals surface area contributed by atoms with Crippen molar-refractivity contribution in [2.24, 2.45) is 5.92 Å². The number of carboxylic acids is 1.